The average molecular weight is 349 g/mol. The summed E-state index contributed by atoms with van der Waals surface area (Å²) in [6, 6.07) is 13.0. The maximum Gasteiger partial charge on any atom is 0.255 e. The van der Waals surface area contributed by atoms with Gasteiger partial charge in [-0.25, -0.2) is 4.98 Å². The van der Waals surface area contributed by atoms with Crippen LogP contribution in [0.25, 0.3) is 11.4 Å². The monoisotopic (exact) mass is 349 g/mol. The molecule has 0 radical (unpaired) electrons. The van der Waals surface area contributed by atoms with Crippen molar-refractivity contribution in [1.82, 2.24) is 9.97 Å². The van der Waals surface area contributed by atoms with Crippen molar-refractivity contribution >= 4 is 5.91 Å². The first-order chi connectivity index (χ1) is 12.5. The Balaban J connectivity index is 2.12. The van der Waals surface area contributed by atoms with E-state index in [1.807, 2.05) is 38.1 Å². The van der Waals surface area contributed by atoms with Crippen LogP contribution in [0.4, 0.5) is 0 Å². The third kappa shape index (κ3) is 3.35. The molecule has 0 bridgehead atoms. The minimum atomic E-state index is -0.664. The van der Waals surface area contributed by atoms with Crippen LogP contribution < -0.4 is 15.2 Å². The van der Waals surface area contributed by atoms with E-state index in [1.54, 1.807) is 25.3 Å². The fraction of sp³-hybridized carbons (Fsp3) is 0.150. The van der Waals surface area contributed by atoms with Gasteiger partial charge in [0.15, 0.2) is 17.3 Å². The molecule has 0 aliphatic carbocycles. The predicted octanol–water partition coefficient (Wildman–Crippen LogP) is 3.66. The lowest BCUT2D eigenvalue weighted by molar-refractivity contribution is 0.0997. The van der Waals surface area contributed by atoms with E-state index < -0.39 is 5.91 Å². The number of primary amides is 1. The molecule has 0 saturated carbocycles. The quantitative estimate of drug-likeness (QED) is 0.759. The molecule has 1 aromatic heterocycles. The van der Waals surface area contributed by atoms with E-state index in [9.17, 15) is 4.79 Å². The molecule has 0 aliphatic rings. The summed E-state index contributed by atoms with van der Waals surface area (Å²) in [7, 11) is 1.54. The zero-order valence-corrected chi connectivity index (χ0v) is 14.8. The Bertz CT molecular complexity index is 950. The van der Waals surface area contributed by atoms with Crippen molar-refractivity contribution < 1.29 is 14.3 Å². The molecule has 1 heterocycles. The Morgan fingerprint density at radius 2 is 1.65 bits per heavy atom. The van der Waals surface area contributed by atoms with Crippen molar-refractivity contribution in [3.8, 4) is 28.8 Å². The zero-order valence-electron chi connectivity index (χ0n) is 14.8. The van der Waals surface area contributed by atoms with Crippen LogP contribution >= 0.6 is 0 Å². The van der Waals surface area contributed by atoms with E-state index in [1.165, 1.54) is 6.20 Å². The van der Waals surface area contributed by atoms with Gasteiger partial charge < -0.3 is 15.2 Å². The van der Waals surface area contributed by atoms with Crippen molar-refractivity contribution in [3.63, 3.8) is 0 Å². The summed E-state index contributed by atoms with van der Waals surface area (Å²) < 4.78 is 11.1. The SMILES string of the molecule is COc1ccccc1Oc1nc(-c2c(C)cccc2C)ncc1C(N)=O. The lowest BCUT2D eigenvalue weighted by atomic mass is 10.0. The first kappa shape index (κ1) is 17.4. The molecule has 0 unspecified atom stereocenters. The molecule has 0 spiro atoms. The van der Waals surface area contributed by atoms with Crippen molar-refractivity contribution in [2.45, 2.75) is 13.8 Å². The smallest absolute Gasteiger partial charge is 0.255 e. The van der Waals surface area contributed by atoms with Gasteiger partial charge in [-0.15, -0.1) is 0 Å². The highest BCUT2D eigenvalue weighted by atomic mass is 16.5. The molecule has 3 rings (SSSR count). The fourth-order valence-corrected chi connectivity index (χ4v) is 2.71. The van der Waals surface area contributed by atoms with Crippen LogP contribution in [0.3, 0.4) is 0 Å². The second-order valence-electron chi connectivity index (χ2n) is 5.80. The van der Waals surface area contributed by atoms with Crippen LogP contribution in [-0.4, -0.2) is 23.0 Å². The standard InChI is InChI=1S/C20H19N3O3/c1-12-7-6-8-13(2)17(12)19-22-11-14(18(21)24)20(23-19)26-16-10-5-4-9-15(16)25-3/h4-11H,1-3H3,(H2,21,24). The molecule has 2 aromatic carbocycles. The molecular weight excluding hydrogens is 330 g/mol. The molecule has 6 nitrogen and oxygen atoms in total. The molecule has 0 aliphatic heterocycles. The summed E-state index contributed by atoms with van der Waals surface area (Å²) in [4.78, 5) is 20.6. The summed E-state index contributed by atoms with van der Waals surface area (Å²) in [5, 5.41) is 0. The number of aryl methyl sites for hydroxylation is 2. The summed E-state index contributed by atoms with van der Waals surface area (Å²) in [5.74, 6) is 0.854. The van der Waals surface area contributed by atoms with Crippen molar-refractivity contribution in [2.24, 2.45) is 5.73 Å². The zero-order chi connectivity index (χ0) is 18.7. The number of para-hydroxylation sites is 2. The number of carbonyl (C=O) groups excluding carboxylic acids is 1. The second kappa shape index (κ2) is 7.23. The first-order valence-electron chi connectivity index (χ1n) is 8.05. The molecule has 132 valence electrons. The minimum absolute atomic E-state index is 0.0923. The number of aromatic nitrogens is 2. The van der Waals surface area contributed by atoms with Crippen LogP contribution in [0.2, 0.25) is 0 Å². The third-order valence-corrected chi connectivity index (χ3v) is 4.00. The maximum atomic E-state index is 11.8. The van der Waals surface area contributed by atoms with E-state index in [4.69, 9.17) is 15.2 Å². The molecule has 2 N–H and O–H groups in total. The van der Waals surface area contributed by atoms with Gasteiger partial charge in [-0.3, -0.25) is 4.79 Å². The number of hydrogen-bond donors (Lipinski definition) is 1. The predicted molar refractivity (Wildman–Crippen MR) is 98.5 cm³/mol. The summed E-state index contributed by atoms with van der Waals surface area (Å²) >= 11 is 0. The normalized spacial score (nSPS) is 10.4. The van der Waals surface area contributed by atoms with E-state index >= 15 is 0 Å². The molecule has 0 fully saturated rings. The second-order valence-corrected chi connectivity index (χ2v) is 5.80. The van der Waals surface area contributed by atoms with Crippen LogP contribution in [-0.2, 0) is 0 Å². The number of benzene rings is 2. The summed E-state index contributed by atoms with van der Waals surface area (Å²) in [6.45, 7) is 3.96. The van der Waals surface area contributed by atoms with Gasteiger partial charge in [0.25, 0.3) is 5.91 Å². The van der Waals surface area contributed by atoms with Gasteiger partial charge in [0.05, 0.1) is 7.11 Å². The van der Waals surface area contributed by atoms with Crippen molar-refractivity contribution in [1.29, 1.82) is 0 Å². The average Bonchev–Trinajstić information content (AvgIpc) is 2.62. The van der Waals surface area contributed by atoms with Crippen molar-refractivity contribution in [3.05, 3.63) is 65.4 Å². The summed E-state index contributed by atoms with van der Waals surface area (Å²) in [5.41, 5.74) is 8.51. The minimum Gasteiger partial charge on any atom is -0.493 e. The van der Waals surface area contributed by atoms with Crippen LogP contribution in [0.15, 0.2) is 48.7 Å². The number of nitrogens with zero attached hydrogens (tertiary/aromatic N) is 2. The maximum absolute atomic E-state index is 11.8. The third-order valence-electron chi connectivity index (χ3n) is 4.00. The van der Waals surface area contributed by atoms with Gasteiger partial charge >= 0.3 is 0 Å². The van der Waals surface area contributed by atoms with Crippen LogP contribution in [0, 0.1) is 13.8 Å². The number of methoxy groups -OCH3 is 1. The topological polar surface area (TPSA) is 87.3 Å². The highest BCUT2D eigenvalue weighted by molar-refractivity contribution is 5.95. The number of amides is 1. The lowest BCUT2D eigenvalue weighted by Gasteiger charge is -2.13. The highest BCUT2D eigenvalue weighted by Gasteiger charge is 2.18. The van der Waals surface area contributed by atoms with E-state index in [-0.39, 0.29) is 11.4 Å². The first-order valence-corrected chi connectivity index (χ1v) is 8.05. The van der Waals surface area contributed by atoms with E-state index in [0.717, 1.165) is 16.7 Å². The Hall–Kier alpha value is -3.41. The molecule has 26 heavy (non-hydrogen) atoms. The molecule has 0 saturated heterocycles. The molecule has 6 heteroatoms. The Morgan fingerprint density at radius 1 is 1.00 bits per heavy atom. The van der Waals surface area contributed by atoms with Crippen LogP contribution in [0.1, 0.15) is 21.5 Å². The van der Waals surface area contributed by atoms with Gasteiger partial charge in [-0.2, -0.15) is 4.98 Å². The van der Waals surface area contributed by atoms with Gasteiger partial charge in [0.2, 0.25) is 5.88 Å². The molecular formula is C20H19N3O3. The fourth-order valence-electron chi connectivity index (χ4n) is 2.71. The van der Waals surface area contributed by atoms with Crippen LogP contribution in [0.5, 0.6) is 17.4 Å². The number of carbonyl (C=O) groups is 1. The number of hydrogen-bond acceptors (Lipinski definition) is 5. The van der Waals surface area contributed by atoms with Gasteiger partial charge in [0.1, 0.15) is 5.56 Å². The Morgan fingerprint density at radius 3 is 2.27 bits per heavy atom. The molecule has 0 atom stereocenters. The van der Waals surface area contributed by atoms with E-state index in [0.29, 0.717) is 17.3 Å². The number of nitrogens with two attached hydrogens (primary N) is 1. The highest BCUT2D eigenvalue weighted by Crippen LogP contribution is 2.33. The van der Waals surface area contributed by atoms with Gasteiger partial charge in [0, 0.05) is 11.8 Å². The Kier molecular flexibility index (Phi) is 4.84. The van der Waals surface area contributed by atoms with Gasteiger partial charge in [-0.1, -0.05) is 30.3 Å². The lowest BCUT2D eigenvalue weighted by Crippen LogP contribution is -2.14. The molecule has 1 amide bonds. The van der Waals surface area contributed by atoms with Gasteiger partial charge in [-0.05, 0) is 37.1 Å². The largest absolute Gasteiger partial charge is 0.493 e. The van der Waals surface area contributed by atoms with E-state index in [2.05, 4.69) is 9.97 Å². The molecule has 3 aromatic rings. The number of rotatable bonds is 5. The summed E-state index contributed by atoms with van der Waals surface area (Å²) in [6.07, 6.45) is 1.39. The number of ether oxygens (including phenoxy) is 2. The van der Waals surface area contributed by atoms with Crippen molar-refractivity contribution in [2.75, 3.05) is 7.11 Å². The Labute approximate surface area is 151 Å².